The number of benzene rings is 1. The van der Waals surface area contributed by atoms with Crippen molar-refractivity contribution < 1.29 is 9.52 Å². The van der Waals surface area contributed by atoms with Gasteiger partial charge in [0.2, 0.25) is 5.89 Å². The van der Waals surface area contributed by atoms with E-state index >= 15 is 0 Å². The molecule has 1 fully saturated rings. The molecule has 2 N–H and O–H groups in total. The molecule has 7 nitrogen and oxygen atoms in total. The lowest BCUT2D eigenvalue weighted by molar-refractivity contribution is 0.0400. The van der Waals surface area contributed by atoms with Gasteiger partial charge in [0.05, 0.1) is 18.9 Å². The van der Waals surface area contributed by atoms with Gasteiger partial charge in [0, 0.05) is 18.7 Å². The van der Waals surface area contributed by atoms with Crippen molar-refractivity contribution in [2.45, 2.75) is 18.6 Å². The third-order valence-corrected chi connectivity index (χ3v) is 4.19. The first-order valence-electron chi connectivity index (χ1n) is 7.54. The van der Waals surface area contributed by atoms with Crippen molar-refractivity contribution >= 4 is 0 Å². The Kier molecular flexibility index (Phi) is 3.44. The van der Waals surface area contributed by atoms with Gasteiger partial charge in [0.15, 0.2) is 5.76 Å². The summed E-state index contributed by atoms with van der Waals surface area (Å²) in [4.78, 5) is 6.45. The summed E-state index contributed by atoms with van der Waals surface area (Å²) >= 11 is 0. The lowest BCUT2D eigenvalue weighted by Gasteiger charge is -2.20. The quantitative estimate of drug-likeness (QED) is 0.760. The van der Waals surface area contributed by atoms with E-state index in [2.05, 4.69) is 25.3 Å². The molecule has 4 rings (SSSR count). The second kappa shape index (κ2) is 5.60. The van der Waals surface area contributed by atoms with Crippen molar-refractivity contribution in [1.82, 2.24) is 25.3 Å². The number of aromatic nitrogens is 4. The SMILES string of the molecule is OC1(c2cn[nH]n2)CCN(Cc2ncc(-c3ccccc3)o2)C1. The van der Waals surface area contributed by atoms with Crippen LogP contribution >= 0.6 is 0 Å². The third-order valence-electron chi connectivity index (χ3n) is 4.19. The van der Waals surface area contributed by atoms with Crippen LogP contribution in [0.3, 0.4) is 0 Å². The summed E-state index contributed by atoms with van der Waals surface area (Å²) in [5, 5.41) is 21.0. The van der Waals surface area contributed by atoms with E-state index in [1.807, 2.05) is 30.3 Å². The molecule has 0 spiro atoms. The van der Waals surface area contributed by atoms with Gasteiger partial charge >= 0.3 is 0 Å². The van der Waals surface area contributed by atoms with Crippen molar-refractivity contribution in [3.63, 3.8) is 0 Å². The Hall–Kier alpha value is -2.51. The number of aliphatic hydroxyl groups is 1. The molecule has 0 amide bonds. The Labute approximate surface area is 133 Å². The Morgan fingerprint density at radius 1 is 1.26 bits per heavy atom. The molecule has 3 heterocycles. The van der Waals surface area contributed by atoms with Crippen molar-refractivity contribution in [3.05, 3.63) is 54.3 Å². The summed E-state index contributed by atoms with van der Waals surface area (Å²) in [6, 6.07) is 9.88. The monoisotopic (exact) mass is 311 g/mol. The minimum Gasteiger partial charge on any atom is -0.439 e. The van der Waals surface area contributed by atoms with Crippen LogP contribution in [0.5, 0.6) is 0 Å². The summed E-state index contributed by atoms with van der Waals surface area (Å²) < 4.78 is 5.82. The van der Waals surface area contributed by atoms with Crippen LogP contribution in [0.25, 0.3) is 11.3 Å². The number of H-pyrrole nitrogens is 1. The van der Waals surface area contributed by atoms with Gasteiger partial charge in [-0.2, -0.15) is 15.4 Å². The zero-order valence-corrected chi connectivity index (χ0v) is 12.5. The molecule has 0 bridgehead atoms. The van der Waals surface area contributed by atoms with Gasteiger partial charge in [-0.05, 0) is 6.42 Å². The lowest BCUT2D eigenvalue weighted by atomic mass is 10.0. The molecule has 1 saturated heterocycles. The fraction of sp³-hybridized carbons (Fsp3) is 0.312. The maximum atomic E-state index is 10.7. The minimum atomic E-state index is -0.956. The normalized spacial score (nSPS) is 21.8. The van der Waals surface area contributed by atoms with Crippen LogP contribution < -0.4 is 0 Å². The van der Waals surface area contributed by atoms with Gasteiger partial charge in [-0.3, -0.25) is 4.90 Å². The summed E-state index contributed by atoms with van der Waals surface area (Å²) in [6.07, 6.45) is 3.93. The molecule has 1 aliphatic heterocycles. The number of β-amino-alcohol motifs (C(OH)–C–C–N with tert-alkyl or cyclic N) is 1. The maximum Gasteiger partial charge on any atom is 0.209 e. The van der Waals surface area contributed by atoms with Gasteiger partial charge in [-0.15, -0.1) is 0 Å². The van der Waals surface area contributed by atoms with Crippen LogP contribution in [-0.2, 0) is 12.1 Å². The van der Waals surface area contributed by atoms with Crippen molar-refractivity contribution in [3.8, 4) is 11.3 Å². The molecule has 1 aliphatic rings. The number of oxazole rings is 1. The molecule has 1 aromatic carbocycles. The molecular formula is C16H17N5O2. The van der Waals surface area contributed by atoms with Crippen LogP contribution in [-0.4, -0.2) is 43.5 Å². The summed E-state index contributed by atoms with van der Waals surface area (Å²) in [7, 11) is 0. The average Bonchev–Trinajstić information content (AvgIpc) is 3.30. The van der Waals surface area contributed by atoms with E-state index in [0.717, 1.165) is 17.9 Å². The Balaban J connectivity index is 1.45. The van der Waals surface area contributed by atoms with Gasteiger partial charge in [-0.1, -0.05) is 30.3 Å². The summed E-state index contributed by atoms with van der Waals surface area (Å²) in [5.74, 6) is 1.40. The molecule has 1 unspecified atom stereocenters. The Bertz CT molecular complexity index is 771. The number of nitrogens with zero attached hydrogens (tertiary/aromatic N) is 4. The number of aromatic amines is 1. The highest BCUT2D eigenvalue weighted by molar-refractivity contribution is 5.55. The van der Waals surface area contributed by atoms with E-state index in [0.29, 0.717) is 31.1 Å². The highest BCUT2D eigenvalue weighted by atomic mass is 16.4. The standard InChI is InChI=1S/C16H17N5O2/c22-16(14-9-18-20-19-14)6-7-21(11-16)10-15-17-8-13(23-15)12-4-2-1-3-5-12/h1-5,8-9,22H,6-7,10-11H2,(H,18,19,20). The third kappa shape index (κ3) is 2.76. The number of hydrogen-bond donors (Lipinski definition) is 2. The van der Waals surface area contributed by atoms with Gasteiger partial charge in [-0.25, -0.2) is 4.98 Å². The van der Waals surface area contributed by atoms with E-state index in [-0.39, 0.29) is 0 Å². The molecule has 0 radical (unpaired) electrons. The van der Waals surface area contributed by atoms with Gasteiger partial charge < -0.3 is 9.52 Å². The molecule has 23 heavy (non-hydrogen) atoms. The van der Waals surface area contributed by atoms with Gasteiger partial charge in [0.25, 0.3) is 0 Å². The van der Waals surface area contributed by atoms with Crippen LogP contribution in [0.2, 0.25) is 0 Å². The average molecular weight is 311 g/mol. The molecule has 1 atom stereocenters. The first-order valence-corrected chi connectivity index (χ1v) is 7.54. The molecular weight excluding hydrogens is 294 g/mol. The van der Waals surface area contributed by atoms with Crippen LogP contribution in [0, 0.1) is 0 Å². The predicted octanol–water partition coefficient (Wildman–Crippen LogP) is 1.55. The highest BCUT2D eigenvalue weighted by Gasteiger charge is 2.40. The zero-order chi connectivity index (χ0) is 15.7. The van der Waals surface area contributed by atoms with E-state index in [1.54, 1.807) is 12.4 Å². The van der Waals surface area contributed by atoms with E-state index in [1.165, 1.54) is 0 Å². The Morgan fingerprint density at radius 3 is 2.91 bits per heavy atom. The number of likely N-dealkylation sites (tertiary alicyclic amines) is 1. The van der Waals surface area contributed by atoms with Crippen LogP contribution in [0.15, 0.2) is 47.1 Å². The van der Waals surface area contributed by atoms with E-state index < -0.39 is 5.60 Å². The molecule has 118 valence electrons. The first-order chi connectivity index (χ1) is 11.2. The fourth-order valence-electron chi connectivity index (χ4n) is 2.95. The Morgan fingerprint density at radius 2 is 2.13 bits per heavy atom. The largest absolute Gasteiger partial charge is 0.439 e. The number of nitrogens with one attached hydrogen (secondary N) is 1. The van der Waals surface area contributed by atoms with Gasteiger partial charge in [0.1, 0.15) is 11.3 Å². The fourth-order valence-corrected chi connectivity index (χ4v) is 2.95. The second-order valence-electron chi connectivity index (χ2n) is 5.83. The van der Waals surface area contributed by atoms with Crippen molar-refractivity contribution in [1.29, 1.82) is 0 Å². The van der Waals surface area contributed by atoms with E-state index in [4.69, 9.17) is 4.42 Å². The maximum absolute atomic E-state index is 10.7. The summed E-state index contributed by atoms with van der Waals surface area (Å²) in [5.41, 5.74) is 0.631. The molecule has 0 saturated carbocycles. The topological polar surface area (TPSA) is 91.1 Å². The zero-order valence-electron chi connectivity index (χ0n) is 12.5. The minimum absolute atomic E-state index is 0.489. The van der Waals surface area contributed by atoms with Crippen LogP contribution in [0.1, 0.15) is 18.0 Å². The second-order valence-corrected chi connectivity index (χ2v) is 5.83. The molecule has 3 aromatic rings. The number of rotatable bonds is 4. The lowest BCUT2D eigenvalue weighted by Crippen LogP contribution is -2.31. The van der Waals surface area contributed by atoms with Crippen LogP contribution in [0.4, 0.5) is 0 Å². The van der Waals surface area contributed by atoms with Crippen molar-refractivity contribution in [2.75, 3.05) is 13.1 Å². The summed E-state index contributed by atoms with van der Waals surface area (Å²) in [6.45, 7) is 1.81. The van der Waals surface area contributed by atoms with Crippen molar-refractivity contribution in [2.24, 2.45) is 0 Å². The molecule has 0 aliphatic carbocycles. The van der Waals surface area contributed by atoms with E-state index in [9.17, 15) is 5.11 Å². The smallest absolute Gasteiger partial charge is 0.209 e. The first kappa shape index (κ1) is 14.1. The molecule has 7 heteroatoms. The number of hydrogen-bond acceptors (Lipinski definition) is 6. The predicted molar refractivity (Wildman–Crippen MR) is 82.1 cm³/mol. The molecule has 2 aromatic heterocycles. The highest BCUT2D eigenvalue weighted by Crippen LogP contribution is 2.31.